The van der Waals surface area contributed by atoms with Gasteiger partial charge in [-0.15, -0.1) is 0 Å². The molecule has 1 aromatic heterocycles. The first-order valence-corrected chi connectivity index (χ1v) is 10.1. The molecule has 3 heteroatoms. The van der Waals surface area contributed by atoms with Crippen LogP contribution in [0.1, 0.15) is 76.8 Å². The maximum absolute atomic E-state index is 6.15. The second-order valence-electron chi connectivity index (χ2n) is 6.43. The summed E-state index contributed by atoms with van der Waals surface area (Å²) in [6.45, 7) is 7.03. The molecule has 140 valence electrons. The van der Waals surface area contributed by atoms with E-state index in [0.29, 0.717) is 5.82 Å². The van der Waals surface area contributed by atoms with E-state index in [2.05, 4.69) is 36.2 Å². The van der Waals surface area contributed by atoms with E-state index in [-0.39, 0.29) is 0 Å². The quantitative estimate of drug-likeness (QED) is 0.549. The molecule has 4 N–H and O–H groups in total. The van der Waals surface area contributed by atoms with Crippen LogP contribution >= 0.6 is 0 Å². The van der Waals surface area contributed by atoms with Crippen LogP contribution < -0.4 is 11.5 Å². The van der Waals surface area contributed by atoms with Gasteiger partial charge in [0.1, 0.15) is 5.82 Å². The van der Waals surface area contributed by atoms with Gasteiger partial charge in [-0.05, 0) is 61.9 Å². The maximum atomic E-state index is 6.15. The fourth-order valence-corrected chi connectivity index (χ4v) is 3.11. The van der Waals surface area contributed by atoms with Crippen molar-refractivity contribution in [2.75, 3.05) is 12.3 Å². The molecule has 0 radical (unpaired) electrons. The topological polar surface area (TPSA) is 64.9 Å². The standard InChI is InChI=1S/C20H31N3.C2H6/c1-2-3-6-11-17-15-18-16(10-7-4-5-8-14-21)12-9-13-19(18)23-20(17)22;1-2/h9,12-13,15H,2-8,10-11,14,21H2,1H3,(H2,22,23);1-2H3. The molecule has 0 bridgehead atoms. The summed E-state index contributed by atoms with van der Waals surface area (Å²) in [5.74, 6) is 0.702. The fraction of sp³-hybridized carbons (Fsp3) is 0.591. The van der Waals surface area contributed by atoms with Gasteiger partial charge >= 0.3 is 0 Å². The Kier molecular flexibility index (Phi) is 10.9. The molecule has 0 saturated carbocycles. The largest absolute Gasteiger partial charge is 0.383 e. The summed E-state index contributed by atoms with van der Waals surface area (Å²) >= 11 is 0. The number of nitrogens with zero attached hydrogens (tertiary/aromatic N) is 1. The van der Waals surface area contributed by atoms with E-state index >= 15 is 0 Å². The number of fused-ring (bicyclic) bond motifs is 1. The van der Waals surface area contributed by atoms with E-state index in [0.717, 1.165) is 31.3 Å². The molecule has 0 atom stereocenters. The zero-order valence-corrected chi connectivity index (χ0v) is 16.5. The fourth-order valence-electron chi connectivity index (χ4n) is 3.11. The SMILES string of the molecule is CC.CCCCCc1cc2c(CCCCCCN)cccc2nc1N. The van der Waals surface area contributed by atoms with Gasteiger partial charge in [0.25, 0.3) is 0 Å². The van der Waals surface area contributed by atoms with E-state index in [4.69, 9.17) is 11.5 Å². The van der Waals surface area contributed by atoms with Gasteiger partial charge in [-0.25, -0.2) is 4.98 Å². The number of aryl methyl sites for hydroxylation is 2. The predicted molar refractivity (Wildman–Crippen MR) is 112 cm³/mol. The molecule has 3 nitrogen and oxygen atoms in total. The Morgan fingerprint density at radius 2 is 1.56 bits per heavy atom. The molecule has 0 fully saturated rings. The van der Waals surface area contributed by atoms with Crippen LogP contribution in [0.2, 0.25) is 0 Å². The lowest BCUT2D eigenvalue weighted by Crippen LogP contribution is -2.00. The lowest BCUT2D eigenvalue weighted by molar-refractivity contribution is 0.648. The lowest BCUT2D eigenvalue weighted by Gasteiger charge is -2.11. The van der Waals surface area contributed by atoms with Gasteiger partial charge in [-0.3, -0.25) is 0 Å². The third kappa shape index (κ3) is 7.03. The zero-order valence-electron chi connectivity index (χ0n) is 16.5. The smallest absolute Gasteiger partial charge is 0.127 e. The number of nitrogens with two attached hydrogens (primary N) is 2. The summed E-state index contributed by atoms with van der Waals surface area (Å²) in [7, 11) is 0. The summed E-state index contributed by atoms with van der Waals surface area (Å²) in [5, 5.41) is 1.28. The highest BCUT2D eigenvalue weighted by atomic mass is 14.8. The monoisotopic (exact) mass is 343 g/mol. The summed E-state index contributed by atoms with van der Waals surface area (Å²) in [5.41, 5.74) is 15.3. The Bertz CT molecular complexity index is 607. The van der Waals surface area contributed by atoms with Gasteiger partial charge in [0, 0.05) is 5.39 Å². The van der Waals surface area contributed by atoms with Gasteiger partial charge in [-0.2, -0.15) is 0 Å². The molecule has 1 aromatic carbocycles. The number of rotatable bonds is 10. The van der Waals surface area contributed by atoms with Crippen LogP contribution in [0.15, 0.2) is 24.3 Å². The summed E-state index contributed by atoms with van der Waals surface area (Å²) in [4.78, 5) is 4.63. The highest BCUT2D eigenvalue weighted by molar-refractivity contribution is 5.84. The Morgan fingerprint density at radius 3 is 2.28 bits per heavy atom. The van der Waals surface area contributed by atoms with Crippen LogP contribution in [-0.2, 0) is 12.8 Å². The van der Waals surface area contributed by atoms with Crippen molar-refractivity contribution < 1.29 is 0 Å². The highest BCUT2D eigenvalue weighted by Gasteiger charge is 2.07. The molecule has 0 spiro atoms. The van der Waals surface area contributed by atoms with Crippen LogP contribution in [-0.4, -0.2) is 11.5 Å². The molecule has 1 heterocycles. The van der Waals surface area contributed by atoms with Crippen molar-refractivity contribution in [3.05, 3.63) is 35.4 Å². The van der Waals surface area contributed by atoms with Crippen LogP contribution in [0.4, 0.5) is 5.82 Å². The summed E-state index contributed by atoms with van der Waals surface area (Å²) in [6.07, 6.45) is 10.7. The van der Waals surface area contributed by atoms with Gasteiger partial charge < -0.3 is 11.5 Å². The number of hydrogen-bond acceptors (Lipinski definition) is 3. The van der Waals surface area contributed by atoms with Gasteiger partial charge in [-0.1, -0.05) is 58.6 Å². The lowest BCUT2D eigenvalue weighted by atomic mass is 9.99. The number of benzene rings is 1. The molecule has 0 aliphatic rings. The van der Waals surface area contributed by atoms with Crippen molar-refractivity contribution in [1.82, 2.24) is 4.98 Å². The predicted octanol–water partition coefficient (Wildman–Crippen LogP) is 5.64. The van der Waals surface area contributed by atoms with E-state index in [9.17, 15) is 0 Å². The van der Waals surface area contributed by atoms with Crippen molar-refractivity contribution in [3.63, 3.8) is 0 Å². The second kappa shape index (κ2) is 12.7. The Morgan fingerprint density at radius 1 is 0.880 bits per heavy atom. The molecular formula is C22H37N3. The van der Waals surface area contributed by atoms with Crippen molar-refractivity contribution in [2.45, 2.75) is 78.6 Å². The Labute approximate surface area is 154 Å². The number of aromatic nitrogens is 1. The molecule has 2 aromatic rings. The van der Waals surface area contributed by atoms with Crippen molar-refractivity contribution in [1.29, 1.82) is 0 Å². The number of anilines is 1. The molecule has 0 saturated heterocycles. The van der Waals surface area contributed by atoms with Crippen molar-refractivity contribution in [2.24, 2.45) is 5.73 Å². The number of hydrogen-bond donors (Lipinski definition) is 2. The first kappa shape index (κ1) is 21.4. The number of nitrogen functional groups attached to an aromatic ring is 1. The average Bonchev–Trinajstić information content (AvgIpc) is 2.64. The highest BCUT2D eigenvalue weighted by Crippen LogP contribution is 2.24. The third-order valence-electron chi connectivity index (χ3n) is 4.51. The van der Waals surface area contributed by atoms with Gasteiger partial charge in [0.05, 0.1) is 5.52 Å². The summed E-state index contributed by atoms with van der Waals surface area (Å²) in [6, 6.07) is 8.68. The first-order valence-electron chi connectivity index (χ1n) is 10.1. The number of pyridine rings is 1. The van der Waals surface area contributed by atoms with E-state index < -0.39 is 0 Å². The molecule has 0 unspecified atom stereocenters. The van der Waals surface area contributed by atoms with Crippen molar-refractivity contribution in [3.8, 4) is 0 Å². The maximum Gasteiger partial charge on any atom is 0.127 e. The number of unbranched alkanes of at least 4 members (excludes halogenated alkanes) is 5. The molecule has 2 rings (SSSR count). The van der Waals surface area contributed by atoms with Crippen LogP contribution in [0, 0.1) is 0 Å². The first-order chi connectivity index (χ1) is 12.3. The summed E-state index contributed by atoms with van der Waals surface area (Å²) < 4.78 is 0. The second-order valence-corrected chi connectivity index (χ2v) is 6.43. The minimum absolute atomic E-state index is 0.702. The van der Waals surface area contributed by atoms with E-state index in [1.54, 1.807) is 0 Å². The van der Waals surface area contributed by atoms with Crippen LogP contribution in [0.3, 0.4) is 0 Å². The molecular weight excluding hydrogens is 306 g/mol. The average molecular weight is 344 g/mol. The minimum atomic E-state index is 0.702. The normalized spacial score (nSPS) is 10.6. The molecule has 0 amide bonds. The van der Waals surface area contributed by atoms with Crippen molar-refractivity contribution >= 4 is 16.7 Å². The molecule has 0 aliphatic carbocycles. The van der Waals surface area contributed by atoms with E-state index in [1.165, 1.54) is 55.0 Å². The Balaban J connectivity index is 0.00000151. The van der Waals surface area contributed by atoms with Crippen LogP contribution in [0.25, 0.3) is 10.9 Å². The van der Waals surface area contributed by atoms with Crippen LogP contribution in [0.5, 0.6) is 0 Å². The minimum Gasteiger partial charge on any atom is -0.383 e. The van der Waals surface area contributed by atoms with Gasteiger partial charge in [0.15, 0.2) is 0 Å². The zero-order chi connectivity index (χ0) is 18.5. The Hall–Kier alpha value is -1.61. The third-order valence-corrected chi connectivity index (χ3v) is 4.51. The molecule has 0 aliphatic heterocycles. The molecule has 25 heavy (non-hydrogen) atoms. The van der Waals surface area contributed by atoms with E-state index in [1.807, 2.05) is 13.8 Å². The van der Waals surface area contributed by atoms with Gasteiger partial charge in [0.2, 0.25) is 0 Å².